The van der Waals surface area contributed by atoms with Crippen molar-refractivity contribution in [3.05, 3.63) is 88.5 Å². The van der Waals surface area contributed by atoms with Crippen molar-refractivity contribution >= 4 is 49.9 Å². The van der Waals surface area contributed by atoms with Crippen LogP contribution in [0.2, 0.25) is 0 Å². The summed E-state index contributed by atoms with van der Waals surface area (Å²) in [7, 11) is 0. The molecule has 0 aromatic heterocycles. The van der Waals surface area contributed by atoms with Crippen molar-refractivity contribution in [2.45, 2.75) is 0 Å². The second-order valence-corrected chi connectivity index (χ2v) is 9.88. The second-order valence-electron chi connectivity index (χ2n) is 4.39. The van der Waals surface area contributed by atoms with Crippen LogP contribution >= 0.6 is 22.6 Å². The Labute approximate surface area is 137 Å². The van der Waals surface area contributed by atoms with E-state index in [0.717, 1.165) is 0 Å². The van der Waals surface area contributed by atoms with E-state index in [2.05, 4.69) is 108 Å². The predicted octanol–water partition coefficient (Wildman–Crippen LogP) is 2.81. The maximum atomic E-state index is 2.36. The fourth-order valence-corrected chi connectivity index (χ4v) is 6.82. The number of hydrogen-bond donors (Lipinski definition) is 0. The first-order valence-electron chi connectivity index (χ1n) is 6.44. The molecule has 0 saturated carbocycles. The molecule has 1 radical (unpaired) electrons. The van der Waals surface area contributed by atoms with Gasteiger partial charge in [0.1, 0.15) is 0 Å². The molecule has 3 aromatic rings. The third-order valence-electron chi connectivity index (χ3n) is 3.01. The molecule has 20 heavy (non-hydrogen) atoms. The zero-order valence-corrected chi connectivity index (χ0v) is 14.7. The van der Waals surface area contributed by atoms with Crippen LogP contribution in [0.1, 0.15) is 0 Å². The molecule has 3 aromatic carbocycles. The van der Waals surface area contributed by atoms with E-state index < -0.39 is 13.9 Å². The molecule has 0 atom stereocenters. The molecule has 0 amide bonds. The average molecular weight is 436 g/mol. The zero-order valence-electron chi connectivity index (χ0n) is 10.9. The first kappa shape index (κ1) is 13.9. The van der Waals surface area contributed by atoms with Crippen molar-refractivity contribution < 1.29 is 0 Å². The molecule has 2 heteroatoms. The van der Waals surface area contributed by atoms with E-state index in [1.807, 2.05) is 0 Å². The first-order valence-corrected chi connectivity index (χ1v) is 10.1. The van der Waals surface area contributed by atoms with Gasteiger partial charge >= 0.3 is 138 Å². The number of halogens is 1. The van der Waals surface area contributed by atoms with Gasteiger partial charge in [-0.1, -0.05) is 0 Å². The molecule has 3 rings (SSSR count). The molecule has 0 spiro atoms. The molecule has 0 saturated heterocycles. The van der Waals surface area contributed by atoms with E-state index in [0.29, 0.717) is 0 Å². The van der Waals surface area contributed by atoms with Crippen LogP contribution in [0.3, 0.4) is 0 Å². The van der Waals surface area contributed by atoms with Crippen LogP contribution in [-0.4, -0.2) is 13.9 Å². The summed E-state index contributed by atoms with van der Waals surface area (Å²) in [5, 5.41) is 0. The summed E-state index contributed by atoms with van der Waals surface area (Å²) in [6, 6.07) is 30.8. The van der Waals surface area contributed by atoms with Gasteiger partial charge in [-0.3, -0.25) is 0 Å². The van der Waals surface area contributed by atoms with Gasteiger partial charge in [0, 0.05) is 0 Å². The van der Waals surface area contributed by atoms with Gasteiger partial charge in [-0.2, -0.15) is 0 Å². The van der Waals surface area contributed by atoms with Crippen molar-refractivity contribution in [2.24, 2.45) is 0 Å². The summed E-state index contributed by atoms with van der Waals surface area (Å²) in [6.07, 6.45) is 0. The summed E-state index contributed by atoms with van der Waals surface area (Å²) in [5.74, 6) is 0. The van der Waals surface area contributed by atoms with Crippen molar-refractivity contribution in [3.8, 4) is 0 Å². The molecular formula is C18H14ISe. The van der Waals surface area contributed by atoms with Crippen molar-refractivity contribution in [2.75, 3.05) is 0 Å². The molecule has 0 bridgehead atoms. The van der Waals surface area contributed by atoms with Crippen LogP contribution < -0.4 is 13.4 Å². The molecule has 0 unspecified atom stereocenters. The predicted molar refractivity (Wildman–Crippen MR) is 96.7 cm³/mol. The van der Waals surface area contributed by atoms with Gasteiger partial charge in [0.05, 0.1) is 0 Å². The monoisotopic (exact) mass is 437 g/mol. The second kappa shape index (κ2) is 6.57. The maximum absolute atomic E-state index is 2.36. The molecule has 0 heterocycles. The quantitative estimate of drug-likeness (QED) is 0.438. The van der Waals surface area contributed by atoms with Gasteiger partial charge in [-0.25, -0.2) is 0 Å². The zero-order chi connectivity index (χ0) is 13.8. The first-order chi connectivity index (χ1) is 9.84. The Morgan fingerprint density at radius 3 is 1.35 bits per heavy atom. The molecule has 99 valence electrons. The van der Waals surface area contributed by atoms with Crippen molar-refractivity contribution in [3.63, 3.8) is 0 Å². The van der Waals surface area contributed by atoms with Gasteiger partial charge in [0.15, 0.2) is 0 Å². The average Bonchev–Trinajstić information content (AvgIpc) is 2.52. The van der Waals surface area contributed by atoms with E-state index in [-0.39, 0.29) is 0 Å². The Hall–Kier alpha value is -1.09. The normalized spacial score (nSPS) is 10.7. The fourth-order valence-electron chi connectivity index (χ4n) is 2.09. The number of benzene rings is 3. The Morgan fingerprint density at radius 2 is 0.900 bits per heavy atom. The summed E-state index contributed by atoms with van der Waals surface area (Å²) in [6.45, 7) is 0. The van der Waals surface area contributed by atoms with E-state index in [1.165, 1.54) is 17.0 Å². The van der Waals surface area contributed by atoms with Gasteiger partial charge in [0.2, 0.25) is 0 Å². The van der Waals surface area contributed by atoms with Crippen molar-refractivity contribution in [1.82, 2.24) is 0 Å². The van der Waals surface area contributed by atoms with Crippen LogP contribution in [0.5, 0.6) is 0 Å². The van der Waals surface area contributed by atoms with Crippen LogP contribution in [0, 0.1) is 3.57 Å². The van der Waals surface area contributed by atoms with Crippen LogP contribution in [0.4, 0.5) is 0 Å². The Kier molecular flexibility index (Phi) is 4.56. The Balaban J connectivity index is 2.11. The molecule has 0 aliphatic rings. The van der Waals surface area contributed by atoms with Crippen LogP contribution in [-0.2, 0) is 0 Å². The fraction of sp³-hybridized carbons (Fsp3) is 0. The Morgan fingerprint density at radius 1 is 0.500 bits per heavy atom. The number of hydrogen-bond acceptors (Lipinski definition) is 0. The SMILES string of the molecule is Ic1ccc([Se](c2ccccc2)c2ccccc2)cc1. The van der Waals surface area contributed by atoms with E-state index in [9.17, 15) is 0 Å². The number of rotatable bonds is 3. The molecule has 0 N–H and O–H groups in total. The van der Waals surface area contributed by atoms with Gasteiger partial charge in [-0.05, 0) is 0 Å². The van der Waals surface area contributed by atoms with E-state index in [4.69, 9.17) is 0 Å². The van der Waals surface area contributed by atoms with E-state index >= 15 is 0 Å². The van der Waals surface area contributed by atoms with E-state index in [1.54, 1.807) is 0 Å². The minimum absolute atomic E-state index is 1.17. The Bertz CT molecular complexity index is 623. The van der Waals surface area contributed by atoms with Gasteiger partial charge in [0.25, 0.3) is 0 Å². The molecule has 0 fully saturated rings. The van der Waals surface area contributed by atoms with Crippen LogP contribution in [0.15, 0.2) is 84.9 Å². The topological polar surface area (TPSA) is 0 Å². The summed E-state index contributed by atoms with van der Waals surface area (Å²) in [5.41, 5.74) is 0. The van der Waals surface area contributed by atoms with Crippen LogP contribution in [0.25, 0.3) is 0 Å². The molecule has 0 aliphatic carbocycles. The summed E-state index contributed by atoms with van der Waals surface area (Å²) in [4.78, 5) is 0. The third kappa shape index (κ3) is 3.14. The summed E-state index contributed by atoms with van der Waals surface area (Å²) >= 11 is 1.19. The minimum atomic E-state index is -1.17. The summed E-state index contributed by atoms with van der Waals surface area (Å²) < 4.78 is 5.67. The van der Waals surface area contributed by atoms with Crippen molar-refractivity contribution in [1.29, 1.82) is 0 Å². The van der Waals surface area contributed by atoms with Gasteiger partial charge in [-0.15, -0.1) is 0 Å². The van der Waals surface area contributed by atoms with Gasteiger partial charge < -0.3 is 0 Å². The third-order valence-corrected chi connectivity index (χ3v) is 8.41. The molecule has 0 aliphatic heterocycles. The molecular weight excluding hydrogens is 422 g/mol. The molecule has 0 nitrogen and oxygen atoms in total. The standard InChI is InChI=1S/C18H14ISe/c19-15-11-13-18(14-12-15)20(16-7-3-1-4-8-16)17-9-5-2-6-10-17/h1-14H.